The molecule has 0 saturated carbocycles. The van der Waals surface area contributed by atoms with Crippen LogP contribution in [0.15, 0.2) is 48.8 Å². The Bertz CT molecular complexity index is 912. The fourth-order valence-corrected chi connectivity index (χ4v) is 2.51. The molecule has 0 saturated heterocycles. The zero-order valence-electron chi connectivity index (χ0n) is 16.0. The smallest absolute Gasteiger partial charge is 0.255 e. The topological polar surface area (TPSA) is 91.2 Å². The number of tetrazole rings is 1. The maximum absolute atomic E-state index is 12.7. The van der Waals surface area contributed by atoms with Crippen molar-refractivity contribution in [3.05, 3.63) is 54.4 Å². The van der Waals surface area contributed by atoms with E-state index in [4.69, 9.17) is 9.47 Å². The van der Waals surface area contributed by atoms with Crippen molar-refractivity contribution in [2.45, 2.75) is 26.7 Å². The molecule has 0 spiro atoms. The van der Waals surface area contributed by atoms with Crippen LogP contribution in [-0.2, 0) is 0 Å². The fourth-order valence-electron chi connectivity index (χ4n) is 2.51. The van der Waals surface area contributed by atoms with Gasteiger partial charge < -0.3 is 14.8 Å². The van der Waals surface area contributed by atoms with Crippen molar-refractivity contribution in [3.8, 4) is 17.2 Å². The summed E-state index contributed by atoms with van der Waals surface area (Å²) in [6.07, 6.45) is 3.26. The first-order chi connectivity index (χ1) is 13.7. The minimum atomic E-state index is -0.239. The molecule has 1 aromatic heterocycles. The normalized spacial score (nSPS) is 10.5. The Morgan fingerprint density at radius 3 is 2.54 bits per heavy atom. The van der Waals surface area contributed by atoms with Crippen LogP contribution in [0, 0.1) is 0 Å². The van der Waals surface area contributed by atoms with E-state index in [2.05, 4.69) is 20.8 Å². The van der Waals surface area contributed by atoms with E-state index in [0.29, 0.717) is 36.0 Å². The van der Waals surface area contributed by atoms with Gasteiger partial charge in [-0.3, -0.25) is 4.79 Å². The summed E-state index contributed by atoms with van der Waals surface area (Å²) in [4.78, 5) is 12.7. The first-order valence-corrected chi connectivity index (χ1v) is 9.25. The summed E-state index contributed by atoms with van der Waals surface area (Å²) in [5.74, 6) is 0.982. The lowest BCUT2D eigenvalue weighted by molar-refractivity contribution is 0.102. The van der Waals surface area contributed by atoms with Gasteiger partial charge in [-0.25, -0.2) is 4.68 Å². The molecule has 0 bridgehead atoms. The number of nitrogens with one attached hydrogen (secondary N) is 1. The van der Waals surface area contributed by atoms with Crippen molar-refractivity contribution < 1.29 is 14.3 Å². The monoisotopic (exact) mass is 381 g/mol. The van der Waals surface area contributed by atoms with Crippen molar-refractivity contribution >= 4 is 11.6 Å². The molecule has 0 radical (unpaired) electrons. The summed E-state index contributed by atoms with van der Waals surface area (Å²) in [6.45, 7) is 5.22. The second-order valence-corrected chi connectivity index (χ2v) is 6.12. The van der Waals surface area contributed by atoms with Gasteiger partial charge in [0.15, 0.2) is 11.5 Å². The summed E-state index contributed by atoms with van der Waals surface area (Å²) >= 11 is 0. The second kappa shape index (κ2) is 9.50. The average molecular weight is 381 g/mol. The number of aromatic nitrogens is 4. The predicted molar refractivity (Wildman–Crippen MR) is 105 cm³/mol. The van der Waals surface area contributed by atoms with E-state index >= 15 is 0 Å². The highest BCUT2D eigenvalue weighted by Crippen LogP contribution is 2.29. The molecule has 8 nitrogen and oxygen atoms in total. The van der Waals surface area contributed by atoms with E-state index in [1.807, 2.05) is 26.0 Å². The highest BCUT2D eigenvalue weighted by Gasteiger charge is 2.13. The van der Waals surface area contributed by atoms with Crippen LogP contribution in [-0.4, -0.2) is 39.3 Å². The summed E-state index contributed by atoms with van der Waals surface area (Å²) in [5, 5.41) is 14.0. The van der Waals surface area contributed by atoms with Gasteiger partial charge in [-0.15, -0.1) is 5.10 Å². The lowest BCUT2D eigenvalue weighted by Gasteiger charge is -2.14. The number of carbonyl (C=O) groups excluding carboxylic acids is 1. The van der Waals surface area contributed by atoms with Crippen LogP contribution in [0.4, 0.5) is 5.69 Å². The van der Waals surface area contributed by atoms with Crippen molar-refractivity contribution in [2.24, 2.45) is 0 Å². The third kappa shape index (κ3) is 4.85. The molecule has 28 heavy (non-hydrogen) atoms. The zero-order chi connectivity index (χ0) is 19.8. The van der Waals surface area contributed by atoms with E-state index in [-0.39, 0.29) is 5.91 Å². The highest BCUT2D eigenvalue weighted by atomic mass is 16.5. The summed E-state index contributed by atoms with van der Waals surface area (Å²) in [7, 11) is 0. The molecule has 146 valence electrons. The largest absolute Gasteiger partial charge is 0.490 e. The van der Waals surface area contributed by atoms with Gasteiger partial charge in [0.05, 0.1) is 18.9 Å². The number of hydrogen-bond donors (Lipinski definition) is 1. The lowest BCUT2D eigenvalue weighted by Crippen LogP contribution is -2.13. The highest BCUT2D eigenvalue weighted by molar-refractivity contribution is 6.04. The Labute approximate surface area is 163 Å². The Morgan fingerprint density at radius 1 is 1.04 bits per heavy atom. The molecule has 3 aromatic rings. The lowest BCUT2D eigenvalue weighted by atomic mass is 10.1. The number of benzene rings is 2. The van der Waals surface area contributed by atoms with Crippen LogP contribution in [0.1, 0.15) is 37.0 Å². The third-order valence-corrected chi connectivity index (χ3v) is 3.85. The second-order valence-electron chi connectivity index (χ2n) is 6.12. The molecule has 1 amide bonds. The van der Waals surface area contributed by atoms with E-state index in [1.165, 1.54) is 11.0 Å². The number of hydrogen-bond acceptors (Lipinski definition) is 6. The summed E-state index contributed by atoms with van der Waals surface area (Å²) in [6, 6.07) is 12.5. The van der Waals surface area contributed by atoms with Crippen LogP contribution < -0.4 is 14.8 Å². The molecule has 2 aromatic carbocycles. The SMILES string of the molecule is CCCOc1ccc(C(=O)Nc2cccc(-n3cnnn3)c2)cc1OCCC. The van der Waals surface area contributed by atoms with Crippen molar-refractivity contribution in [3.63, 3.8) is 0 Å². The van der Waals surface area contributed by atoms with Crippen molar-refractivity contribution in [1.82, 2.24) is 20.2 Å². The first kappa shape index (κ1) is 19.3. The molecule has 1 heterocycles. The fraction of sp³-hybridized carbons (Fsp3) is 0.300. The number of ether oxygens (including phenoxy) is 2. The van der Waals surface area contributed by atoms with E-state index in [1.54, 1.807) is 30.3 Å². The molecule has 0 atom stereocenters. The van der Waals surface area contributed by atoms with Crippen LogP contribution >= 0.6 is 0 Å². The zero-order valence-corrected chi connectivity index (χ0v) is 16.0. The third-order valence-electron chi connectivity index (χ3n) is 3.85. The quantitative estimate of drug-likeness (QED) is 0.610. The number of nitrogens with zero attached hydrogens (tertiary/aromatic N) is 4. The van der Waals surface area contributed by atoms with Gasteiger partial charge in [-0.05, 0) is 59.7 Å². The van der Waals surface area contributed by atoms with E-state index in [0.717, 1.165) is 18.5 Å². The number of carbonyl (C=O) groups is 1. The Hall–Kier alpha value is -3.42. The molecule has 0 aliphatic carbocycles. The molecule has 0 aliphatic heterocycles. The Morgan fingerprint density at radius 2 is 1.82 bits per heavy atom. The van der Waals surface area contributed by atoms with Gasteiger partial charge >= 0.3 is 0 Å². The molecule has 0 unspecified atom stereocenters. The summed E-state index contributed by atoms with van der Waals surface area (Å²) < 4.78 is 13.0. The number of rotatable bonds is 9. The van der Waals surface area contributed by atoms with Gasteiger partial charge in [0.2, 0.25) is 0 Å². The van der Waals surface area contributed by atoms with Gasteiger partial charge in [0.25, 0.3) is 5.91 Å². The van der Waals surface area contributed by atoms with Gasteiger partial charge in [-0.2, -0.15) is 0 Å². The number of anilines is 1. The molecule has 8 heteroatoms. The molecule has 3 rings (SSSR count). The molecular weight excluding hydrogens is 358 g/mol. The van der Waals surface area contributed by atoms with Gasteiger partial charge in [0, 0.05) is 11.3 Å². The maximum atomic E-state index is 12.7. The standard InChI is InChI=1S/C20H23N5O3/c1-3-10-27-18-9-8-15(12-19(18)28-11-4-2)20(26)22-16-6-5-7-17(13-16)25-14-21-23-24-25/h5-9,12-14H,3-4,10-11H2,1-2H3,(H,22,26). The van der Waals surface area contributed by atoms with Crippen molar-refractivity contribution in [1.29, 1.82) is 0 Å². The molecule has 0 fully saturated rings. The van der Waals surface area contributed by atoms with Crippen LogP contribution in [0.25, 0.3) is 5.69 Å². The minimum absolute atomic E-state index is 0.239. The van der Waals surface area contributed by atoms with E-state index in [9.17, 15) is 4.79 Å². The molecule has 1 N–H and O–H groups in total. The minimum Gasteiger partial charge on any atom is -0.490 e. The van der Waals surface area contributed by atoms with Crippen molar-refractivity contribution in [2.75, 3.05) is 18.5 Å². The van der Waals surface area contributed by atoms with Crippen LogP contribution in [0.5, 0.6) is 11.5 Å². The van der Waals surface area contributed by atoms with Gasteiger partial charge in [-0.1, -0.05) is 19.9 Å². The predicted octanol–water partition coefficient (Wildman–Crippen LogP) is 3.49. The average Bonchev–Trinajstić information content (AvgIpc) is 3.26. The Balaban J connectivity index is 1.77. The van der Waals surface area contributed by atoms with E-state index < -0.39 is 0 Å². The maximum Gasteiger partial charge on any atom is 0.255 e. The van der Waals surface area contributed by atoms with Crippen LogP contribution in [0.3, 0.4) is 0 Å². The Kier molecular flexibility index (Phi) is 6.56. The number of amides is 1. The molecule has 0 aliphatic rings. The molecular formula is C20H23N5O3. The van der Waals surface area contributed by atoms with Crippen LogP contribution in [0.2, 0.25) is 0 Å². The van der Waals surface area contributed by atoms with Gasteiger partial charge in [0.1, 0.15) is 6.33 Å². The first-order valence-electron chi connectivity index (χ1n) is 9.25. The summed E-state index contributed by atoms with van der Waals surface area (Å²) in [5.41, 5.74) is 1.88.